The highest BCUT2D eigenvalue weighted by Gasteiger charge is 2.34. The highest BCUT2D eigenvalue weighted by molar-refractivity contribution is 7.80. The number of para-hydroxylation sites is 1. The molecule has 162 valence electrons. The largest absolute Gasteiger partial charge is 0.496 e. The van der Waals surface area contributed by atoms with Crippen molar-refractivity contribution < 1.29 is 14.3 Å². The normalized spacial score (nSPS) is 15.6. The van der Waals surface area contributed by atoms with E-state index in [-0.39, 0.29) is 11.9 Å². The number of methoxy groups -OCH3 is 1. The molecule has 1 atom stereocenters. The lowest BCUT2D eigenvalue weighted by molar-refractivity contribution is -0.123. The number of nitrogens with one attached hydrogen (secondary N) is 1. The van der Waals surface area contributed by atoms with Gasteiger partial charge in [-0.2, -0.15) is 0 Å². The summed E-state index contributed by atoms with van der Waals surface area (Å²) in [5, 5.41) is 3.47. The number of rotatable bonds is 7. The molecule has 1 N–H and O–H groups in total. The molecular formula is C26H24N2O3S. The molecule has 5 nitrogen and oxygen atoms in total. The van der Waals surface area contributed by atoms with Crippen LogP contribution in [0.25, 0.3) is 6.08 Å². The number of benzene rings is 3. The van der Waals surface area contributed by atoms with Gasteiger partial charge >= 0.3 is 0 Å². The summed E-state index contributed by atoms with van der Waals surface area (Å²) in [6, 6.07) is 25.0. The summed E-state index contributed by atoms with van der Waals surface area (Å²) in [7, 11) is 1.63. The highest BCUT2D eigenvalue weighted by atomic mass is 32.1. The van der Waals surface area contributed by atoms with Crippen LogP contribution in [0, 0.1) is 0 Å². The van der Waals surface area contributed by atoms with Gasteiger partial charge in [0.05, 0.1) is 13.2 Å². The summed E-state index contributed by atoms with van der Waals surface area (Å²) in [5.74, 6) is 1.36. The molecule has 3 aromatic rings. The van der Waals surface area contributed by atoms with Gasteiger partial charge in [0, 0.05) is 5.56 Å². The van der Waals surface area contributed by atoms with Crippen LogP contribution in [0.15, 0.2) is 84.6 Å². The van der Waals surface area contributed by atoms with Gasteiger partial charge in [-0.15, -0.1) is 0 Å². The van der Waals surface area contributed by atoms with Gasteiger partial charge < -0.3 is 14.8 Å². The number of carbonyl (C=O) groups is 1. The average molecular weight is 445 g/mol. The van der Waals surface area contributed by atoms with Crippen molar-refractivity contribution in [3.05, 3.63) is 101 Å². The lowest BCUT2D eigenvalue weighted by Crippen LogP contribution is -2.33. The molecule has 0 saturated carbocycles. The van der Waals surface area contributed by atoms with Crippen LogP contribution in [-0.4, -0.2) is 23.0 Å². The number of ether oxygens (including phenoxy) is 2. The smallest absolute Gasteiger partial charge is 0.277 e. The van der Waals surface area contributed by atoms with E-state index in [2.05, 4.69) is 5.32 Å². The van der Waals surface area contributed by atoms with Gasteiger partial charge in [-0.05, 0) is 60.6 Å². The number of thiocarbonyl (C=S) groups is 1. The summed E-state index contributed by atoms with van der Waals surface area (Å²) in [6.07, 6.45) is 1.80. The number of hydrogen-bond acceptors (Lipinski definition) is 4. The van der Waals surface area contributed by atoms with Crippen molar-refractivity contribution in [1.82, 2.24) is 10.2 Å². The number of hydrogen-bond donors (Lipinski definition) is 1. The predicted molar refractivity (Wildman–Crippen MR) is 129 cm³/mol. The standard InChI is InChI=1S/C26H24N2O3S/c1-18(20-9-5-3-6-10-20)28-25(29)23(27-26(28)32)16-19-13-14-24(30-2)21(15-19)17-31-22-11-7-4-8-12-22/h3-16,18H,17H2,1-2H3,(H,27,32)/b23-16-. The molecule has 1 fully saturated rings. The maximum absolute atomic E-state index is 13.1. The summed E-state index contributed by atoms with van der Waals surface area (Å²) in [4.78, 5) is 14.7. The first-order chi connectivity index (χ1) is 15.6. The van der Waals surface area contributed by atoms with Gasteiger partial charge in [-0.3, -0.25) is 9.69 Å². The Morgan fingerprint density at radius 3 is 2.41 bits per heavy atom. The quantitative estimate of drug-likeness (QED) is 0.406. The third-order valence-corrected chi connectivity index (χ3v) is 5.63. The topological polar surface area (TPSA) is 50.8 Å². The van der Waals surface area contributed by atoms with Gasteiger partial charge in [-0.1, -0.05) is 54.6 Å². The maximum atomic E-state index is 13.1. The van der Waals surface area contributed by atoms with Crippen LogP contribution in [0.2, 0.25) is 0 Å². The van der Waals surface area contributed by atoms with E-state index in [0.717, 1.165) is 28.2 Å². The van der Waals surface area contributed by atoms with Crippen molar-refractivity contribution in [2.75, 3.05) is 7.11 Å². The second-order valence-electron chi connectivity index (χ2n) is 7.42. The van der Waals surface area contributed by atoms with Crippen LogP contribution >= 0.6 is 12.2 Å². The molecule has 0 aromatic heterocycles. The molecule has 1 heterocycles. The average Bonchev–Trinajstić information content (AvgIpc) is 3.11. The van der Waals surface area contributed by atoms with Crippen molar-refractivity contribution in [3.8, 4) is 11.5 Å². The zero-order valence-corrected chi connectivity index (χ0v) is 18.8. The van der Waals surface area contributed by atoms with Gasteiger partial charge in [-0.25, -0.2) is 0 Å². The third-order valence-electron chi connectivity index (χ3n) is 5.33. The molecule has 0 spiro atoms. The Labute approximate surface area is 193 Å². The van der Waals surface area contributed by atoms with Crippen molar-refractivity contribution in [2.45, 2.75) is 19.6 Å². The molecule has 1 amide bonds. The first-order valence-corrected chi connectivity index (χ1v) is 10.7. The number of carbonyl (C=O) groups excluding carboxylic acids is 1. The van der Waals surface area contributed by atoms with E-state index in [1.54, 1.807) is 18.1 Å². The Hall–Kier alpha value is -3.64. The zero-order valence-electron chi connectivity index (χ0n) is 17.9. The van der Waals surface area contributed by atoms with Crippen LogP contribution in [-0.2, 0) is 11.4 Å². The minimum Gasteiger partial charge on any atom is -0.496 e. The second kappa shape index (κ2) is 9.66. The monoisotopic (exact) mass is 444 g/mol. The van der Waals surface area contributed by atoms with E-state index >= 15 is 0 Å². The van der Waals surface area contributed by atoms with E-state index < -0.39 is 0 Å². The Balaban J connectivity index is 1.55. The fraction of sp³-hybridized carbons (Fsp3) is 0.154. The van der Waals surface area contributed by atoms with Crippen molar-refractivity contribution in [2.24, 2.45) is 0 Å². The van der Waals surface area contributed by atoms with Crippen LogP contribution in [0.3, 0.4) is 0 Å². The van der Waals surface area contributed by atoms with E-state index in [1.807, 2.05) is 85.8 Å². The molecule has 0 bridgehead atoms. The molecule has 0 radical (unpaired) electrons. The lowest BCUT2D eigenvalue weighted by atomic mass is 10.1. The number of nitrogens with zero attached hydrogens (tertiary/aromatic N) is 1. The lowest BCUT2D eigenvalue weighted by Gasteiger charge is -2.23. The molecular weight excluding hydrogens is 420 g/mol. The van der Waals surface area contributed by atoms with E-state index in [4.69, 9.17) is 21.7 Å². The van der Waals surface area contributed by atoms with Crippen molar-refractivity contribution in [3.63, 3.8) is 0 Å². The Morgan fingerprint density at radius 1 is 1.03 bits per heavy atom. The molecule has 3 aromatic carbocycles. The first-order valence-electron chi connectivity index (χ1n) is 10.3. The first kappa shape index (κ1) is 21.6. The summed E-state index contributed by atoms with van der Waals surface area (Å²) in [5.41, 5.74) is 3.20. The predicted octanol–water partition coefficient (Wildman–Crippen LogP) is 5.09. The van der Waals surface area contributed by atoms with Gasteiger partial charge in [0.1, 0.15) is 23.8 Å². The highest BCUT2D eigenvalue weighted by Crippen LogP contribution is 2.28. The molecule has 4 rings (SSSR count). The fourth-order valence-corrected chi connectivity index (χ4v) is 3.98. The van der Waals surface area contributed by atoms with Crippen LogP contribution in [0.4, 0.5) is 0 Å². The fourth-order valence-electron chi connectivity index (χ4n) is 3.63. The molecule has 0 aliphatic carbocycles. The van der Waals surface area contributed by atoms with Crippen molar-refractivity contribution >= 4 is 29.3 Å². The Morgan fingerprint density at radius 2 is 1.72 bits per heavy atom. The molecule has 1 aliphatic rings. The summed E-state index contributed by atoms with van der Waals surface area (Å²) >= 11 is 5.46. The maximum Gasteiger partial charge on any atom is 0.277 e. The minimum atomic E-state index is -0.166. The molecule has 1 aliphatic heterocycles. The molecule has 1 saturated heterocycles. The van der Waals surface area contributed by atoms with Gasteiger partial charge in [0.15, 0.2) is 5.11 Å². The van der Waals surface area contributed by atoms with Crippen LogP contribution in [0.5, 0.6) is 11.5 Å². The van der Waals surface area contributed by atoms with Gasteiger partial charge in [0.2, 0.25) is 0 Å². The second-order valence-corrected chi connectivity index (χ2v) is 7.81. The van der Waals surface area contributed by atoms with E-state index in [1.165, 1.54) is 0 Å². The Bertz CT molecular complexity index is 1150. The van der Waals surface area contributed by atoms with E-state index in [9.17, 15) is 4.79 Å². The zero-order chi connectivity index (χ0) is 22.5. The van der Waals surface area contributed by atoms with Crippen molar-refractivity contribution in [1.29, 1.82) is 0 Å². The van der Waals surface area contributed by atoms with Gasteiger partial charge in [0.25, 0.3) is 5.91 Å². The SMILES string of the molecule is COc1ccc(/C=C2\NC(=S)N(C(C)c3ccccc3)C2=O)cc1COc1ccccc1. The van der Waals surface area contributed by atoms with E-state index in [0.29, 0.717) is 17.4 Å². The minimum absolute atomic E-state index is 0.149. The molecule has 1 unspecified atom stereocenters. The Kier molecular flexibility index (Phi) is 6.52. The van der Waals surface area contributed by atoms with Crippen LogP contribution in [0.1, 0.15) is 29.7 Å². The van der Waals surface area contributed by atoms with Crippen LogP contribution < -0.4 is 14.8 Å². The summed E-state index contributed by atoms with van der Waals surface area (Å²) in [6.45, 7) is 2.32. The third kappa shape index (κ3) is 4.65. The molecule has 6 heteroatoms. The number of amides is 1. The summed E-state index contributed by atoms with van der Waals surface area (Å²) < 4.78 is 11.4. The molecule has 32 heavy (non-hydrogen) atoms.